The molecule has 14 heavy (non-hydrogen) atoms. The van der Waals surface area contributed by atoms with E-state index in [1.165, 1.54) is 6.33 Å². The van der Waals surface area contributed by atoms with Crippen molar-refractivity contribution in [1.29, 1.82) is 0 Å². The summed E-state index contributed by atoms with van der Waals surface area (Å²) < 4.78 is -0.519. The number of nitrogens with one attached hydrogen (secondary N) is 2. The Bertz CT molecular complexity index is 291. The molecule has 1 aromatic rings. The first kappa shape index (κ1) is 11.2. The lowest BCUT2D eigenvalue weighted by Crippen LogP contribution is -2.38. The molecule has 1 rings (SSSR count). The minimum Gasteiger partial charge on any atom is -0.354 e. The zero-order valence-electron chi connectivity index (χ0n) is 8.17. The average molecular weight is 261 g/mol. The van der Waals surface area contributed by atoms with Crippen molar-refractivity contribution in [3.05, 3.63) is 12.2 Å². The van der Waals surface area contributed by atoms with Crippen LogP contribution in [0.1, 0.15) is 19.7 Å². The summed E-state index contributed by atoms with van der Waals surface area (Å²) >= 11 is 3.28. The van der Waals surface area contributed by atoms with E-state index in [1.54, 1.807) is 13.8 Å². The molecule has 0 aliphatic heterocycles. The highest BCUT2D eigenvalue weighted by Gasteiger charge is 2.22. The summed E-state index contributed by atoms with van der Waals surface area (Å²) in [5.74, 6) is 0.745. The lowest BCUT2D eigenvalue weighted by molar-refractivity contribution is -0.122. The van der Waals surface area contributed by atoms with Gasteiger partial charge in [-0.05, 0) is 13.8 Å². The van der Waals surface area contributed by atoms with E-state index in [1.807, 2.05) is 0 Å². The average Bonchev–Trinajstić information content (AvgIpc) is 2.55. The van der Waals surface area contributed by atoms with Crippen molar-refractivity contribution < 1.29 is 4.79 Å². The van der Waals surface area contributed by atoms with Gasteiger partial charge in [0.25, 0.3) is 0 Å². The van der Waals surface area contributed by atoms with Gasteiger partial charge in [0, 0.05) is 13.0 Å². The summed E-state index contributed by atoms with van der Waals surface area (Å²) in [7, 11) is 0. The predicted octanol–water partition coefficient (Wildman–Crippen LogP) is 0.637. The molecular weight excluding hydrogens is 248 g/mol. The van der Waals surface area contributed by atoms with E-state index >= 15 is 0 Å². The third-order valence-electron chi connectivity index (χ3n) is 1.65. The summed E-state index contributed by atoms with van der Waals surface area (Å²) in [5, 5.41) is 9.22. The lowest BCUT2D eigenvalue weighted by atomic mass is 10.2. The third-order valence-corrected chi connectivity index (χ3v) is 2.01. The minimum absolute atomic E-state index is 0.0305. The summed E-state index contributed by atoms with van der Waals surface area (Å²) in [6.07, 6.45) is 2.11. The van der Waals surface area contributed by atoms with Crippen LogP contribution in [0, 0.1) is 0 Å². The van der Waals surface area contributed by atoms with Crippen molar-refractivity contribution in [2.24, 2.45) is 0 Å². The van der Waals surface area contributed by atoms with Crippen LogP contribution in [-0.4, -0.2) is 32.0 Å². The van der Waals surface area contributed by atoms with Gasteiger partial charge in [-0.1, -0.05) is 15.9 Å². The molecule has 1 heterocycles. The van der Waals surface area contributed by atoms with E-state index in [9.17, 15) is 4.79 Å². The molecule has 0 bridgehead atoms. The summed E-state index contributed by atoms with van der Waals surface area (Å²) in [4.78, 5) is 15.3. The van der Waals surface area contributed by atoms with Crippen molar-refractivity contribution >= 4 is 21.8 Å². The smallest absolute Gasteiger partial charge is 0.236 e. The van der Waals surface area contributed by atoms with Crippen LogP contribution in [0.4, 0.5) is 0 Å². The lowest BCUT2D eigenvalue weighted by Gasteiger charge is -2.15. The van der Waals surface area contributed by atoms with Gasteiger partial charge in [-0.25, -0.2) is 4.98 Å². The monoisotopic (exact) mass is 260 g/mol. The normalized spacial score (nSPS) is 11.4. The highest BCUT2D eigenvalue weighted by molar-refractivity contribution is 9.10. The van der Waals surface area contributed by atoms with E-state index in [0.717, 1.165) is 5.82 Å². The number of amides is 1. The van der Waals surface area contributed by atoms with Crippen molar-refractivity contribution in [3.63, 3.8) is 0 Å². The molecule has 0 aliphatic carbocycles. The van der Waals surface area contributed by atoms with Crippen LogP contribution in [-0.2, 0) is 11.2 Å². The highest BCUT2D eigenvalue weighted by atomic mass is 79.9. The van der Waals surface area contributed by atoms with Crippen LogP contribution in [0.2, 0.25) is 0 Å². The van der Waals surface area contributed by atoms with Gasteiger partial charge in [0.1, 0.15) is 12.2 Å². The largest absolute Gasteiger partial charge is 0.354 e. The molecule has 0 fully saturated rings. The fourth-order valence-electron chi connectivity index (χ4n) is 0.856. The molecule has 0 radical (unpaired) electrons. The summed E-state index contributed by atoms with van der Waals surface area (Å²) in [5.41, 5.74) is 0. The number of carbonyl (C=O) groups excluding carboxylic acids is 1. The van der Waals surface area contributed by atoms with E-state index in [-0.39, 0.29) is 5.91 Å². The molecule has 0 spiro atoms. The number of H-pyrrole nitrogens is 1. The number of rotatable bonds is 4. The van der Waals surface area contributed by atoms with Crippen LogP contribution >= 0.6 is 15.9 Å². The molecule has 6 heteroatoms. The Morgan fingerprint density at radius 1 is 1.71 bits per heavy atom. The maximum atomic E-state index is 11.4. The SMILES string of the molecule is CC(C)(Br)C(=O)NCCc1ncn[nH]1. The van der Waals surface area contributed by atoms with Crippen molar-refractivity contribution in [2.75, 3.05) is 6.54 Å². The first-order chi connectivity index (χ1) is 6.50. The number of nitrogens with zero attached hydrogens (tertiary/aromatic N) is 2. The number of hydrogen-bond acceptors (Lipinski definition) is 3. The van der Waals surface area contributed by atoms with Crippen LogP contribution < -0.4 is 5.32 Å². The quantitative estimate of drug-likeness (QED) is 0.781. The maximum Gasteiger partial charge on any atom is 0.236 e. The van der Waals surface area contributed by atoms with Crippen molar-refractivity contribution in [2.45, 2.75) is 24.6 Å². The number of hydrogen-bond donors (Lipinski definition) is 2. The predicted molar refractivity (Wildman–Crippen MR) is 56.1 cm³/mol. The molecule has 0 unspecified atom stereocenters. The van der Waals surface area contributed by atoms with Crippen LogP contribution in [0.3, 0.4) is 0 Å². The van der Waals surface area contributed by atoms with Gasteiger partial charge in [0.15, 0.2) is 0 Å². The minimum atomic E-state index is -0.519. The van der Waals surface area contributed by atoms with E-state index in [4.69, 9.17) is 0 Å². The van der Waals surface area contributed by atoms with Gasteiger partial charge in [0.05, 0.1) is 4.32 Å². The van der Waals surface area contributed by atoms with Gasteiger partial charge in [-0.3, -0.25) is 9.89 Å². The Kier molecular flexibility index (Phi) is 3.62. The molecule has 0 aliphatic rings. The molecule has 0 aromatic carbocycles. The number of aromatic nitrogens is 3. The van der Waals surface area contributed by atoms with Crippen LogP contribution in [0.5, 0.6) is 0 Å². The zero-order chi connectivity index (χ0) is 10.6. The Balaban J connectivity index is 2.26. The third kappa shape index (κ3) is 3.45. The second kappa shape index (κ2) is 4.54. The van der Waals surface area contributed by atoms with Gasteiger partial charge in [-0.15, -0.1) is 0 Å². The Labute approximate surface area is 90.8 Å². The molecule has 78 valence electrons. The Morgan fingerprint density at radius 3 is 2.93 bits per heavy atom. The summed E-state index contributed by atoms with van der Waals surface area (Å²) in [6, 6.07) is 0. The van der Waals surface area contributed by atoms with E-state index in [2.05, 4.69) is 36.4 Å². The van der Waals surface area contributed by atoms with E-state index < -0.39 is 4.32 Å². The van der Waals surface area contributed by atoms with E-state index in [0.29, 0.717) is 13.0 Å². The number of alkyl halides is 1. The topological polar surface area (TPSA) is 70.7 Å². The fraction of sp³-hybridized carbons (Fsp3) is 0.625. The zero-order valence-corrected chi connectivity index (χ0v) is 9.76. The second-order valence-corrected chi connectivity index (χ2v) is 5.39. The number of halogens is 1. The standard InChI is InChI=1S/C8H13BrN4O/c1-8(2,9)7(14)10-4-3-6-11-5-12-13-6/h5H,3-4H2,1-2H3,(H,10,14)(H,11,12,13). The first-order valence-corrected chi connectivity index (χ1v) is 5.11. The van der Waals surface area contributed by atoms with Crippen LogP contribution in [0.25, 0.3) is 0 Å². The fourth-order valence-corrected chi connectivity index (χ4v) is 0.996. The van der Waals surface area contributed by atoms with Gasteiger partial charge >= 0.3 is 0 Å². The van der Waals surface area contributed by atoms with Gasteiger partial charge < -0.3 is 5.32 Å². The molecule has 0 saturated heterocycles. The number of carbonyl (C=O) groups is 1. The molecule has 1 aromatic heterocycles. The highest BCUT2D eigenvalue weighted by Crippen LogP contribution is 2.14. The number of aromatic amines is 1. The van der Waals surface area contributed by atoms with Gasteiger partial charge in [-0.2, -0.15) is 5.10 Å². The molecule has 2 N–H and O–H groups in total. The van der Waals surface area contributed by atoms with Crippen molar-refractivity contribution in [1.82, 2.24) is 20.5 Å². The molecule has 0 atom stereocenters. The second-order valence-electron chi connectivity index (χ2n) is 3.41. The molecule has 1 amide bonds. The van der Waals surface area contributed by atoms with Gasteiger partial charge in [0.2, 0.25) is 5.91 Å². The molecular formula is C8H13BrN4O. The Hall–Kier alpha value is -0.910. The first-order valence-electron chi connectivity index (χ1n) is 4.31. The van der Waals surface area contributed by atoms with Crippen LogP contribution in [0.15, 0.2) is 6.33 Å². The molecule has 0 saturated carbocycles. The Morgan fingerprint density at radius 2 is 2.43 bits per heavy atom. The molecule has 5 nitrogen and oxygen atoms in total. The van der Waals surface area contributed by atoms with Crippen molar-refractivity contribution in [3.8, 4) is 0 Å². The maximum absolute atomic E-state index is 11.4. The summed E-state index contributed by atoms with van der Waals surface area (Å²) in [6.45, 7) is 4.16.